The lowest BCUT2D eigenvalue weighted by Crippen LogP contribution is -2.16. The third-order valence-electron chi connectivity index (χ3n) is 12.6. The van der Waals surface area contributed by atoms with E-state index in [4.69, 9.17) is 9.98 Å². The number of thiophene rings is 2. The van der Waals surface area contributed by atoms with E-state index in [2.05, 4.69) is 196 Å². The zero-order valence-electron chi connectivity index (χ0n) is 36.1. The Labute approximate surface area is 375 Å². The number of pyridine rings is 1. The first-order valence-corrected chi connectivity index (χ1v) is 23.4. The first-order valence-electron chi connectivity index (χ1n) is 21.8. The second-order valence-electron chi connectivity index (χ2n) is 16.9. The van der Waals surface area contributed by atoms with Gasteiger partial charge in [0.25, 0.3) is 0 Å². The quantitative estimate of drug-likeness (QED) is 0.0780. The Morgan fingerprint density at radius 3 is 1.65 bits per heavy atom. The molecule has 0 amide bonds. The van der Waals surface area contributed by atoms with Crippen LogP contribution >= 0.6 is 22.7 Å². The highest BCUT2D eigenvalue weighted by atomic mass is 32.1. The molecule has 0 N–H and O–H groups in total. The minimum Gasteiger partial charge on any atom is -0.293 e. The molecule has 0 fully saturated rings. The lowest BCUT2D eigenvalue weighted by atomic mass is 9.84. The van der Waals surface area contributed by atoms with Crippen molar-refractivity contribution in [2.45, 2.75) is 46.5 Å². The Balaban J connectivity index is 1.27. The molecule has 306 valence electrons. The van der Waals surface area contributed by atoms with Gasteiger partial charge in [-0.2, -0.15) is 0 Å². The lowest BCUT2D eigenvalue weighted by molar-refractivity contribution is 0.875. The van der Waals surface area contributed by atoms with E-state index in [9.17, 15) is 0 Å². The molecule has 63 heavy (non-hydrogen) atoms. The maximum atomic E-state index is 5.07. The third-order valence-corrected chi connectivity index (χ3v) is 15.0. The first-order chi connectivity index (χ1) is 30.9. The number of aromatic nitrogens is 1. The van der Waals surface area contributed by atoms with Gasteiger partial charge in [-0.05, 0) is 113 Å². The van der Waals surface area contributed by atoms with Crippen molar-refractivity contribution in [2.24, 2.45) is 4.99 Å². The van der Waals surface area contributed by atoms with Crippen LogP contribution in [0.25, 0.3) is 72.7 Å². The molecular formula is C57H46N4S2. The van der Waals surface area contributed by atoms with Gasteiger partial charge in [-0.1, -0.05) is 131 Å². The van der Waals surface area contributed by atoms with Gasteiger partial charge in [0, 0.05) is 47.9 Å². The molecule has 0 atom stereocenters. The topological polar surface area (TPSA) is 31.7 Å². The Bertz CT molecular complexity index is 3630. The molecule has 11 rings (SSSR count). The number of benzene rings is 8. The maximum absolute atomic E-state index is 5.07. The molecule has 0 radical (unpaired) electrons. The van der Waals surface area contributed by atoms with E-state index < -0.39 is 0 Å². The summed E-state index contributed by atoms with van der Waals surface area (Å²) in [6, 6.07) is 51.4. The molecule has 0 aliphatic rings. The highest BCUT2D eigenvalue weighted by Gasteiger charge is 2.28. The van der Waals surface area contributed by atoms with Crippen LogP contribution in [0.2, 0.25) is 0 Å². The Hall–Kier alpha value is -6.86. The van der Waals surface area contributed by atoms with Crippen LogP contribution in [0.1, 0.15) is 57.6 Å². The molecule has 0 aliphatic heterocycles. The number of allylic oxidation sites excluding steroid dienone is 3. The van der Waals surface area contributed by atoms with Crippen LogP contribution in [-0.4, -0.2) is 11.7 Å². The van der Waals surface area contributed by atoms with Crippen molar-refractivity contribution in [3.63, 3.8) is 0 Å². The number of aliphatic imine (C=N–C) groups is 1. The van der Waals surface area contributed by atoms with Crippen LogP contribution in [0, 0.1) is 0 Å². The second kappa shape index (κ2) is 15.5. The predicted octanol–water partition coefficient (Wildman–Crippen LogP) is 17.7. The number of hydrogen-bond donors (Lipinski definition) is 0. The van der Waals surface area contributed by atoms with Crippen LogP contribution < -0.4 is 9.80 Å². The summed E-state index contributed by atoms with van der Waals surface area (Å²) in [6.45, 7) is 15.5. The average molecular weight is 851 g/mol. The molecule has 3 aromatic heterocycles. The van der Waals surface area contributed by atoms with Gasteiger partial charge in [-0.25, -0.2) is 9.98 Å². The largest absolute Gasteiger partial charge is 0.293 e. The van der Waals surface area contributed by atoms with Gasteiger partial charge >= 0.3 is 0 Å². The minimum absolute atomic E-state index is 0.245. The summed E-state index contributed by atoms with van der Waals surface area (Å²) < 4.78 is 5.01. The van der Waals surface area contributed by atoms with E-state index in [1.54, 1.807) is 0 Å². The summed E-state index contributed by atoms with van der Waals surface area (Å²) in [5, 5.41) is 12.5. The van der Waals surface area contributed by atoms with Crippen molar-refractivity contribution in [2.75, 3.05) is 9.80 Å². The van der Waals surface area contributed by atoms with Crippen molar-refractivity contribution in [1.82, 2.24) is 4.98 Å². The van der Waals surface area contributed by atoms with Crippen molar-refractivity contribution >= 4 is 131 Å². The van der Waals surface area contributed by atoms with E-state index in [-0.39, 0.29) is 11.8 Å². The zero-order valence-corrected chi connectivity index (χ0v) is 37.7. The van der Waals surface area contributed by atoms with E-state index in [0.29, 0.717) is 0 Å². The van der Waals surface area contributed by atoms with E-state index >= 15 is 0 Å². The molecule has 0 aliphatic carbocycles. The molecule has 0 bridgehead atoms. The lowest BCUT2D eigenvalue weighted by Gasteiger charge is -2.31. The van der Waals surface area contributed by atoms with Crippen molar-refractivity contribution in [3.05, 3.63) is 181 Å². The Morgan fingerprint density at radius 1 is 0.556 bits per heavy atom. The van der Waals surface area contributed by atoms with Crippen LogP contribution in [0.3, 0.4) is 0 Å². The first kappa shape index (κ1) is 39.0. The van der Waals surface area contributed by atoms with Gasteiger partial charge in [0.05, 0.1) is 32.1 Å². The second-order valence-corrected chi connectivity index (χ2v) is 19.0. The fraction of sp³-hybridized carbons (Fsp3) is 0.123. The van der Waals surface area contributed by atoms with E-state index in [0.717, 1.165) is 34.4 Å². The predicted molar refractivity (Wildman–Crippen MR) is 278 cm³/mol. The van der Waals surface area contributed by atoms with Gasteiger partial charge < -0.3 is 0 Å². The van der Waals surface area contributed by atoms with Crippen LogP contribution in [-0.2, 0) is 0 Å². The molecule has 4 nitrogen and oxygen atoms in total. The molecule has 0 saturated carbocycles. The van der Waals surface area contributed by atoms with Crippen molar-refractivity contribution in [1.29, 1.82) is 0 Å². The van der Waals surface area contributed by atoms with Gasteiger partial charge in [-0.15, -0.1) is 22.7 Å². The van der Waals surface area contributed by atoms with E-state index in [1.165, 1.54) is 83.8 Å². The Morgan fingerprint density at radius 2 is 1.08 bits per heavy atom. The molecule has 6 heteroatoms. The molecule has 8 aromatic carbocycles. The number of fused-ring (bicyclic) bond motifs is 6. The summed E-state index contributed by atoms with van der Waals surface area (Å²) in [7, 11) is 0. The molecule has 0 saturated heterocycles. The molecule has 0 spiro atoms. The molecule has 11 aromatic rings. The summed E-state index contributed by atoms with van der Waals surface area (Å²) in [4.78, 5) is 14.6. The van der Waals surface area contributed by atoms with Crippen molar-refractivity contribution < 1.29 is 0 Å². The normalized spacial score (nSPS) is 12.6. The highest BCUT2D eigenvalue weighted by Crippen LogP contribution is 2.53. The van der Waals surface area contributed by atoms with Crippen LogP contribution in [0.15, 0.2) is 175 Å². The van der Waals surface area contributed by atoms with Gasteiger partial charge in [0.1, 0.15) is 11.6 Å². The average Bonchev–Trinajstić information content (AvgIpc) is 3.89. The summed E-state index contributed by atoms with van der Waals surface area (Å²) in [5.74, 6) is 2.15. The number of anilines is 5. The summed E-state index contributed by atoms with van der Waals surface area (Å²) in [5.41, 5.74) is 7.02. The van der Waals surface area contributed by atoms with Gasteiger partial charge in [0.2, 0.25) is 0 Å². The zero-order chi connectivity index (χ0) is 42.9. The molecule has 3 heterocycles. The fourth-order valence-electron chi connectivity index (χ4n) is 9.77. The third kappa shape index (κ3) is 6.15. The highest BCUT2D eigenvalue weighted by molar-refractivity contribution is 7.26. The summed E-state index contributed by atoms with van der Waals surface area (Å²) >= 11 is 3.69. The van der Waals surface area contributed by atoms with Crippen LogP contribution in [0.5, 0.6) is 0 Å². The number of rotatable bonds is 10. The summed E-state index contributed by atoms with van der Waals surface area (Å²) in [6.07, 6.45) is 8.10. The molecule has 0 unspecified atom stereocenters. The molecular weight excluding hydrogens is 805 g/mol. The number of hydrogen-bond acceptors (Lipinski definition) is 6. The fourth-order valence-corrected chi connectivity index (χ4v) is 12.2. The van der Waals surface area contributed by atoms with Gasteiger partial charge in [-0.3, -0.25) is 9.80 Å². The van der Waals surface area contributed by atoms with Crippen LogP contribution in [0.4, 0.5) is 28.6 Å². The standard InChI is InChI=1S/C57H46N4S2/c1-7-8-25-52(58-6)60(46-21-15-19-40-36-17-9-11-23-50(36)62-56(40)46)48-32-44(34(2)3)38-28-30-43-49(33-45(35(4)5)39-27-29-42(48)54(38)55(39)43)61(53-26-13-14-31-59-53)47-22-16-20-41-37-18-10-12-24-51(37)63-57(41)47/h7-35H,6H2,1-5H3/b8-7-,52-25+. The maximum Gasteiger partial charge on any atom is 0.137 e. The SMILES string of the molecule is C=N/C(=C\C=C/C)N(c1cc(C(C)C)c2ccc3c(N(c4ccccn4)c4cccc5c4sc4ccccc45)cc(C(C)C)c4ccc1c2c43)c1cccc2c1sc1ccccc12. The van der Waals surface area contributed by atoms with E-state index in [1.807, 2.05) is 41.9 Å². The van der Waals surface area contributed by atoms with Crippen molar-refractivity contribution in [3.8, 4) is 0 Å². The minimum atomic E-state index is 0.245. The smallest absolute Gasteiger partial charge is 0.137 e. The van der Waals surface area contributed by atoms with Gasteiger partial charge in [0.15, 0.2) is 0 Å². The number of nitrogens with zero attached hydrogens (tertiary/aromatic N) is 4. The Kier molecular flexibility index (Phi) is 9.60. The monoisotopic (exact) mass is 850 g/mol.